The fourth-order valence-electron chi connectivity index (χ4n) is 3.21. The molecule has 1 unspecified atom stereocenters. The maximum atomic E-state index is 12.3. The molecule has 0 spiro atoms. The average molecular weight is 308 g/mol. The molecule has 120 valence electrons. The van der Waals surface area contributed by atoms with Crippen molar-refractivity contribution < 1.29 is 4.79 Å². The van der Waals surface area contributed by atoms with Gasteiger partial charge >= 0.3 is 0 Å². The van der Waals surface area contributed by atoms with Crippen LogP contribution in [0.1, 0.15) is 42.1 Å². The molecule has 1 aliphatic heterocycles. The van der Waals surface area contributed by atoms with Crippen molar-refractivity contribution in [2.75, 3.05) is 16.8 Å². The van der Waals surface area contributed by atoms with Crippen molar-refractivity contribution in [1.82, 2.24) is 0 Å². The van der Waals surface area contributed by atoms with Crippen molar-refractivity contribution >= 4 is 17.3 Å². The summed E-state index contributed by atoms with van der Waals surface area (Å²) in [5, 5.41) is 2.97. The van der Waals surface area contributed by atoms with E-state index in [0.29, 0.717) is 11.6 Å². The minimum atomic E-state index is -0.0622. The summed E-state index contributed by atoms with van der Waals surface area (Å²) in [5.74, 6) is -0.0622. The van der Waals surface area contributed by atoms with Crippen LogP contribution in [0, 0.1) is 6.92 Å². The molecule has 23 heavy (non-hydrogen) atoms. The lowest BCUT2D eigenvalue weighted by molar-refractivity contribution is 0.102. The SMILES string of the molecule is Cc1cccc(C(=O)Nc2ccc(N3CCCCC3C)cc2)c1. The second kappa shape index (κ2) is 6.86. The van der Waals surface area contributed by atoms with Crippen LogP contribution >= 0.6 is 0 Å². The Kier molecular flexibility index (Phi) is 4.65. The molecule has 0 bridgehead atoms. The van der Waals surface area contributed by atoms with E-state index >= 15 is 0 Å². The van der Waals surface area contributed by atoms with Crippen molar-refractivity contribution in [2.24, 2.45) is 0 Å². The summed E-state index contributed by atoms with van der Waals surface area (Å²) in [5.41, 5.74) is 3.86. The number of rotatable bonds is 3. The van der Waals surface area contributed by atoms with Gasteiger partial charge in [0, 0.05) is 29.5 Å². The van der Waals surface area contributed by atoms with Gasteiger partial charge in [0.1, 0.15) is 0 Å². The Labute approximate surface area is 138 Å². The van der Waals surface area contributed by atoms with Gasteiger partial charge in [-0.15, -0.1) is 0 Å². The van der Waals surface area contributed by atoms with Gasteiger partial charge in [0.2, 0.25) is 0 Å². The highest BCUT2D eigenvalue weighted by Crippen LogP contribution is 2.25. The first kappa shape index (κ1) is 15.6. The molecule has 1 saturated heterocycles. The number of benzene rings is 2. The zero-order valence-electron chi connectivity index (χ0n) is 13.9. The molecule has 1 atom stereocenters. The van der Waals surface area contributed by atoms with Gasteiger partial charge < -0.3 is 10.2 Å². The molecule has 1 N–H and O–H groups in total. The maximum absolute atomic E-state index is 12.3. The molecule has 0 saturated carbocycles. The first-order valence-corrected chi connectivity index (χ1v) is 8.38. The second-order valence-corrected chi connectivity index (χ2v) is 6.41. The van der Waals surface area contributed by atoms with Gasteiger partial charge in [0.05, 0.1) is 0 Å². The number of piperidine rings is 1. The fourth-order valence-corrected chi connectivity index (χ4v) is 3.21. The maximum Gasteiger partial charge on any atom is 0.255 e. The Morgan fingerprint density at radius 2 is 1.91 bits per heavy atom. The van der Waals surface area contributed by atoms with Crippen molar-refractivity contribution in [2.45, 2.75) is 39.2 Å². The number of carbonyl (C=O) groups excluding carboxylic acids is 1. The average Bonchev–Trinajstić information content (AvgIpc) is 2.56. The molecule has 2 aromatic carbocycles. The molecule has 3 nitrogen and oxygen atoms in total. The summed E-state index contributed by atoms with van der Waals surface area (Å²) in [4.78, 5) is 14.7. The van der Waals surface area contributed by atoms with Crippen LogP contribution in [0.4, 0.5) is 11.4 Å². The van der Waals surface area contributed by atoms with Crippen LogP contribution < -0.4 is 10.2 Å². The lowest BCUT2D eigenvalue weighted by Gasteiger charge is -2.35. The predicted octanol–water partition coefficient (Wildman–Crippen LogP) is 4.63. The highest BCUT2D eigenvalue weighted by molar-refractivity contribution is 6.04. The molecule has 0 aromatic heterocycles. The van der Waals surface area contributed by atoms with Gasteiger partial charge in [-0.25, -0.2) is 0 Å². The van der Waals surface area contributed by atoms with Crippen LogP contribution in [0.5, 0.6) is 0 Å². The number of aryl methyl sites for hydroxylation is 1. The Hall–Kier alpha value is -2.29. The largest absolute Gasteiger partial charge is 0.369 e. The van der Waals surface area contributed by atoms with Crippen LogP contribution in [-0.2, 0) is 0 Å². The summed E-state index contributed by atoms with van der Waals surface area (Å²) < 4.78 is 0. The second-order valence-electron chi connectivity index (χ2n) is 6.41. The van der Waals surface area contributed by atoms with Crippen molar-refractivity contribution in [3.05, 3.63) is 59.7 Å². The number of hydrogen-bond donors (Lipinski definition) is 1. The normalized spacial score (nSPS) is 17.8. The van der Waals surface area contributed by atoms with E-state index in [2.05, 4.69) is 29.3 Å². The molecule has 1 aliphatic rings. The summed E-state index contributed by atoms with van der Waals surface area (Å²) in [6, 6.07) is 16.4. The van der Waals surface area contributed by atoms with Crippen LogP contribution in [0.2, 0.25) is 0 Å². The zero-order valence-corrected chi connectivity index (χ0v) is 13.9. The Balaban J connectivity index is 1.69. The van der Waals surface area contributed by atoms with Crippen molar-refractivity contribution in [3.63, 3.8) is 0 Å². The fraction of sp³-hybridized carbons (Fsp3) is 0.350. The van der Waals surface area contributed by atoms with Crippen molar-refractivity contribution in [1.29, 1.82) is 0 Å². The van der Waals surface area contributed by atoms with E-state index in [0.717, 1.165) is 17.8 Å². The van der Waals surface area contributed by atoms with Gasteiger partial charge in [0.25, 0.3) is 5.91 Å². The molecular weight excluding hydrogens is 284 g/mol. The minimum absolute atomic E-state index is 0.0622. The molecule has 1 fully saturated rings. The van der Waals surface area contributed by atoms with Crippen LogP contribution in [-0.4, -0.2) is 18.5 Å². The first-order valence-electron chi connectivity index (χ1n) is 8.38. The highest BCUT2D eigenvalue weighted by atomic mass is 16.1. The Morgan fingerprint density at radius 3 is 2.61 bits per heavy atom. The summed E-state index contributed by atoms with van der Waals surface area (Å²) >= 11 is 0. The van der Waals surface area contributed by atoms with Crippen LogP contribution in [0.3, 0.4) is 0 Å². The monoisotopic (exact) mass is 308 g/mol. The van der Waals surface area contributed by atoms with E-state index in [1.54, 1.807) is 0 Å². The lowest BCUT2D eigenvalue weighted by Crippen LogP contribution is -2.37. The number of nitrogens with zero attached hydrogens (tertiary/aromatic N) is 1. The van der Waals surface area contributed by atoms with Crippen molar-refractivity contribution in [3.8, 4) is 0 Å². The minimum Gasteiger partial charge on any atom is -0.369 e. The summed E-state index contributed by atoms with van der Waals surface area (Å²) in [7, 11) is 0. The van der Waals surface area contributed by atoms with Crippen LogP contribution in [0.15, 0.2) is 48.5 Å². The molecule has 0 aliphatic carbocycles. The van der Waals surface area contributed by atoms with E-state index in [4.69, 9.17) is 0 Å². The Bertz CT molecular complexity index is 678. The molecule has 3 rings (SSSR count). The number of anilines is 2. The molecule has 1 amide bonds. The number of carbonyl (C=O) groups is 1. The lowest BCUT2D eigenvalue weighted by atomic mass is 10.0. The van der Waals surface area contributed by atoms with E-state index in [1.807, 2.05) is 43.3 Å². The third-order valence-electron chi connectivity index (χ3n) is 4.54. The van der Waals surface area contributed by atoms with Gasteiger partial charge in [0.15, 0.2) is 0 Å². The molecule has 3 heteroatoms. The molecule has 1 heterocycles. The number of hydrogen-bond acceptors (Lipinski definition) is 2. The molecule has 2 aromatic rings. The topological polar surface area (TPSA) is 32.3 Å². The quantitative estimate of drug-likeness (QED) is 0.897. The van der Waals surface area contributed by atoms with E-state index in [-0.39, 0.29) is 5.91 Å². The highest BCUT2D eigenvalue weighted by Gasteiger charge is 2.18. The van der Waals surface area contributed by atoms with Gasteiger partial charge in [-0.1, -0.05) is 17.7 Å². The molecule has 0 radical (unpaired) electrons. The van der Waals surface area contributed by atoms with E-state index in [1.165, 1.54) is 24.9 Å². The van der Waals surface area contributed by atoms with Gasteiger partial charge in [-0.2, -0.15) is 0 Å². The first-order chi connectivity index (χ1) is 11.1. The summed E-state index contributed by atoms with van der Waals surface area (Å²) in [6.07, 6.45) is 3.84. The van der Waals surface area contributed by atoms with E-state index in [9.17, 15) is 4.79 Å². The zero-order chi connectivity index (χ0) is 16.2. The third kappa shape index (κ3) is 3.73. The number of nitrogens with one attached hydrogen (secondary N) is 1. The van der Waals surface area contributed by atoms with Gasteiger partial charge in [-0.05, 0) is 69.5 Å². The van der Waals surface area contributed by atoms with E-state index < -0.39 is 0 Å². The smallest absolute Gasteiger partial charge is 0.255 e. The predicted molar refractivity (Wildman–Crippen MR) is 96.2 cm³/mol. The standard InChI is InChI=1S/C20H24N2O/c1-15-6-5-8-17(14-15)20(23)21-18-9-11-19(12-10-18)22-13-4-3-7-16(22)2/h5-6,8-12,14,16H,3-4,7,13H2,1-2H3,(H,21,23). The summed E-state index contributed by atoms with van der Waals surface area (Å²) in [6.45, 7) is 5.40. The Morgan fingerprint density at radius 1 is 1.13 bits per heavy atom. The van der Waals surface area contributed by atoms with Crippen LogP contribution in [0.25, 0.3) is 0 Å². The van der Waals surface area contributed by atoms with Gasteiger partial charge in [-0.3, -0.25) is 4.79 Å². The third-order valence-corrected chi connectivity index (χ3v) is 4.54. The number of amides is 1. The molecular formula is C20H24N2O.